The number of rotatable bonds is 4. The van der Waals surface area contributed by atoms with Crippen LogP contribution in [0, 0.1) is 5.82 Å². The monoisotopic (exact) mass is 343 g/mol. The van der Waals surface area contributed by atoms with Gasteiger partial charge < -0.3 is 4.74 Å². The molecule has 1 aliphatic heterocycles. The van der Waals surface area contributed by atoms with E-state index in [0.29, 0.717) is 37.2 Å². The van der Waals surface area contributed by atoms with Crippen molar-refractivity contribution in [3.63, 3.8) is 0 Å². The van der Waals surface area contributed by atoms with E-state index in [0.717, 1.165) is 0 Å². The number of hydrogen-bond acceptors (Lipinski definition) is 3. The van der Waals surface area contributed by atoms with Crippen LogP contribution in [0.4, 0.5) is 4.39 Å². The van der Waals surface area contributed by atoms with Gasteiger partial charge in [-0.3, -0.25) is 9.69 Å². The van der Waals surface area contributed by atoms with Crippen LogP contribution in [-0.2, 0) is 4.74 Å². The van der Waals surface area contributed by atoms with Gasteiger partial charge in [-0.2, -0.15) is 0 Å². The molecule has 110 valence electrons. The third kappa shape index (κ3) is 2.80. The Morgan fingerprint density at radius 1 is 1.45 bits per heavy atom. The normalized spacial score (nSPS) is 19.6. The molecule has 0 saturated carbocycles. The van der Waals surface area contributed by atoms with Gasteiger partial charge in [0.2, 0.25) is 0 Å². The molecule has 1 aromatic rings. The molecule has 0 bridgehead atoms. The van der Waals surface area contributed by atoms with Crippen molar-refractivity contribution in [3.05, 3.63) is 34.1 Å². The highest BCUT2D eigenvalue weighted by atomic mass is 79.9. The van der Waals surface area contributed by atoms with E-state index in [4.69, 9.17) is 4.74 Å². The summed E-state index contributed by atoms with van der Waals surface area (Å²) >= 11 is 3.14. The molecule has 1 atom stereocenters. The number of ketones is 1. The van der Waals surface area contributed by atoms with Gasteiger partial charge in [-0.25, -0.2) is 4.39 Å². The molecule has 20 heavy (non-hydrogen) atoms. The summed E-state index contributed by atoms with van der Waals surface area (Å²) in [5.41, 5.74) is -0.541. The first-order valence-corrected chi connectivity index (χ1v) is 7.61. The maximum absolute atomic E-state index is 14.2. The highest BCUT2D eigenvalue weighted by Gasteiger charge is 2.40. The molecule has 0 spiro atoms. The summed E-state index contributed by atoms with van der Waals surface area (Å²) < 4.78 is 19.8. The Morgan fingerprint density at radius 2 is 2.10 bits per heavy atom. The first-order chi connectivity index (χ1) is 9.50. The van der Waals surface area contributed by atoms with Crippen LogP contribution in [0.5, 0.6) is 0 Å². The van der Waals surface area contributed by atoms with Crippen molar-refractivity contribution in [2.75, 3.05) is 26.3 Å². The van der Waals surface area contributed by atoms with Crippen LogP contribution < -0.4 is 0 Å². The Morgan fingerprint density at radius 3 is 2.70 bits per heavy atom. The maximum atomic E-state index is 14.2. The molecule has 1 aliphatic rings. The van der Waals surface area contributed by atoms with Crippen molar-refractivity contribution in [2.24, 2.45) is 0 Å². The van der Waals surface area contributed by atoms with Crippen LogP contribution in [0.3, 0.4) is 0 Å². The molecule has 0 N–H and O–H groups in total. The van der Waals surface area contributed by atoms with Crippen molar-refractivity contribution in [2.45, 2.75) is 25.8 Å². The molecule has 3 nitrogen and oxygen atoms in total. The first kappa shape index (κ1) is 15.6. The van der Waals surface area contributed by atoms with Crippen LogP contribution in [0.15, 0.2) is 22.7 Å². The topological polar surface area (TPSA) is 29.5 Å². The average Bonchev–Trinajstić information content (AvgIpc) is 2.49. The number of nitrogens with zero attached hydrogens (tertiary/aromatic N) is 1. The Hall–Kier alpha value is -0.780. The molecular formula is C15H19BrFNO2. The van der Waals surface area contributed by atoms with Crippen LogP contribution in [0.1, 0.15) is 30.6 Å². The second kappa shape index (κ2) is 6.33. The molecule has 2 rings (SSSR count). The van der Waals surface area contributed by atoms with E-state index in [1.54, 1.807) is 18.2 Å². The summed E-state index contributed by atoms with van der Waals surface area (Å²) in [5.74, 6) is -0.647. The van der Waals surface area contributed by atoms with Crippen molar-refractivity contribution < 1.29 is 13.9 Å². The third-order valence-corrected chi connectivity index (χ3v) is 4.70. The standard InChI is InChI=1S/C15H19BrFNO2/c1-3-15(2,18-7-9-20-10-8-18)14(19)11-5-4-6-12(16)13(11)17/h4-6H,3,7-10H2,1-2H3. The average molecular weight is 344 g/mol. The Bertz CT molecular complexity index is 503. The summed E-state index contributed by atoms with van der Waals surface area (Å²) in [4.78, 5) is 14.9. The summed E-state index contributed by atoms with van der Waals surface area (Å²) in [6, 6.07) is 4.84. The summed E-state index contributed by atoms with van der Waals surface area (Å²) in [7, 11) is 0. The molecule has 1 heterocycles. The highest BCUT2D eigenvalue weighted by Crippen LogP contribution is 2.28. The van der Waals surface area contributed by atoms with E-state index < -0.39 is 11.4 Å². The molecular weight excluding hydrogens is 325 g/mol. The molecule has 1 unspecified atom stereocenters. The number of morpholine rings is 1. The van der Waals surface area contributed by atoms with Gasteiger partial charge in [-0.1, -0.05) is 13.0 Å². The predicted octanol–water partition coefficient (Wildman–Crippen LogP) is 3.27. The van der Waals surface area contributed by atoms with Crippen LogP contribution in [0.25, 0.3) is 0 Å². The fraction of sp³-hybridized carbons (Fsp3) is 0.533. The summed E-state index contributed by atoms with van der Waals surface area (Å²) in [6.45, 7) is 6.48. The lowest BCUT2D eigenvalue weighted by Gasteiger charge is -2.41. The van der Waals surface area contributed by atoms with Gasteiger partial charge in [0.15, 0.2) is 5.78 Å². The quantitative estimate of drug-likeness (QED) is 0.786. The molecule has 1 aromatic carbocycles. The van der Waals surface area contributed by atoms with Gasteiger partial charge >= 0.3 is 0 Å². The van der Waals surface area contributed by atoms with Crippen LogP contribution in [-0.4, -0.2) is 42.5 Å². The fourth-order valence-corrected chi connectivity index (χ4v) is 2.92. The number of carbonyl (C=O) groups excluding carboxylic acids is 1. The number of halogens is 2. The minimum atomic E-state index is -0.689. The smallest absolute Gasteiger partial charge is 0.185 e. The van der Waals surface area contributed by atoms with Crippen molar-refractivity contribution in [1.29, 1.82) is 0 Å². The fourth-order valence-electron chi connectivity index (χ4n) is 2.55. The number of benzene rings is 1. The Labute approximate surface area is 127 Å². The van der Waals surface area contributed by atoms with E-state index in [2.05, 4.69) is 20.8 Å². The summed E-state index contributed by atoms with van der Waals surface area (Å²) in [6.07, 6.45) is 0.637. The highest BCUT2D eigenvalue weighted by molar-refractivity contribution is 9.10. The zero-order valence-corrected chi connectivity index (χ0v) is 13.4. The zero-order valence-electron chi connectivity index (χ0n) is 11.8. The van der Waals surface area contributed by atoms with Crippen molar-refractivity contribution in [1.82, 2.24) is 4.90 Å². The van der Waals surface area contributed by atoms with E-state index in [9.17, 15) is 9.18 Å². The van der Waals surface area contributed by atoms with E-state index >= 15 is 0 Å². The SMILES string of the molecule is CCC(C)(C(=O)c1cccc(Br)c1F)N1CCOCC1. The number of Topliss-reactive ketones (excluding diaryl/α,β-unsaturated/α-hetero) is 1. The molecule has 0 aliphatic carbocycles. The van der Waals surface area contributed by atoms with Gasteiger partial charge in [0.05, 0.1) is 28.8 Å². The first-order valence-electron chi connectivity index (χ1n) is 6.82. The number of hydrogen-bond donors (Lipinski definition) is 0. The molecule has 0 radical (unpaired) electrons. The number of ether oxygens (including phenoxy) is 1. The molecule has 5 heteroatoms. The maximum Gasteiger partial charge on any atom is 0.185 e. The van der Waals surface area contributed by atoms with Gasteiger partial charge in [0, 0.05) is 13.1 Å². The molecule has 0 aromatic heterocycles. The second-order valence-electron chi connectivity index (χ2n) is 5.16. The molecule has 0 amide bonds. The van der Waals surface area contributed by atoms with E-state index in [1.165, 1.54) is 0 Å². The molecule has 1 saturated heterocycles. The van der Waals surface area contributed by atoms with Crippen LogP contribution >= 0.6 is 15.9 Å². The minimum Gasteiger partial charge on any atom is -0.379 e. The Kier molecular flexibility index (Phi) is 4.94. The predicted molar refractivity (Wildman–Crippen MR) is 79.5 cm³/mol. The van der Waals surface area contributed by atoms with E-state index in [-0.39, 0.29) is 11.3 Å². The third-order valence-electron chi connectivity index (χ3n) is 4.08. The molecule has 1 fully saturated rings. The lowest BCUT2D eigenvalue weighted by molar-refractivity contribution is -0.0107. The van der Waals surface area contributed by atoms with Crippen molar-refractivity contribution in [3.8, 4) is 0 Å². The Balaban J connectivity index is 2.34. The lowest BCUT2D eigenvalue weighted by Crippen LogP contribution is -2.56. The zero-order chi connectivity index (χ0) is 14.8. The summed E-state index contributed by atoms with van der Waals surface area (Å²) in [5, 5.41) is 0. The van der Waals surface area contributed by atoms with Crippen LogP contribution in [0.2, 0.25) is 0 Å². The van der Waals surface area contributed by atoms with Crippen molar-refractivity contribution >= 4 is 21.7 Å². The van der Waals surface area contributed by atoms with Gasteiger partial charge in [0.25, 0.3) is 0 Å². The van der Waals surface area contributed by atoms with Gasteiger partial charge in [-0.05, 0) is 41.4 Å². The largest absolute Gasteiger partial charge is 0.379 e. The second-order valence-corrected chi connectivity index (χ2v) is 6.01. The van der Waals surface area contributed by atoms with Gasteiger partial charge in [-0.15, -0.1) is 0 Å². The van der Waals surface area contributed by atoms with E-state index in [1.807, 2.05) is 13.8 Å². The number of carbonyl (C=O) groups is 1. The van der Waals surface area contributed by atoms with Gasteiger partial charge in [0.1, 0.15) is 5.82 Å². The minimum absolute atomic E-state index is 0.148. The lowest BCUT2D eigenvalue weighted by atomic mass is 9.86.